The van der Waals surface area contributed by atoms with Crippen molar-refractivity contribution in [3.63, 3.8) is 0 Å². The lowest BCUT2D eigenvalue weighted by Gasteiger charge is -1.68. The van der Waals surface area contributed by atoms with E-state index in [-0.39, 0.29) is 5.57 Å². The summed E-state index contributed by atoms with van der Waals surface area (Å²) in [5.41, 5.74) is 7.50. The molecular formula is C4HN5. The van der Waals surface area contributed by atoms with Crippen LogP contribution in [0.15, 0.2) is 16.9 Å². The molecule has 0 heterocycles. The molecule has 0 aromatic heterocycles. The van der Waals surface area contributed by atoms with E-state index in [1.807, 2.05) is 0 Å². The number of hydrogen-bond donors (Lipinski definition) is 0. The van der Waals surface area contributed by atoms with Gasteiger partial charge in [-0.1, -0.05) is 5.11 Å². The minimum Gasteiger partial charge on any atom is -0.192 e. The predicted octanol–water partition coefficient (Wildman–Crippen LogP) is 1.23. The van der Waals surface area contributed by atoms with E-state index in [0.29, 0.717) is 0 Å². The van der Waals surface area contributed by atoms with E-state index < -0.39 is 0 Å². The number of hydrogen-bond acceptors (Lipinski definition) is 3. The minimum atomic E-state index is -0.201. The van der Waals surface area contributed by atoms with E-state index in [2.05, 4.69) is 10.0 Å². The molecule has 0 aromatic rings. The van der Waals surface area contributed by atoms with Gasteiger partial charge >= 0.3 is 0 Å². The number of nitriles is 2. The van der Waals surface area contributed by atoms with Crippen LogP contribution >= 0.6 is 0 Å². The van der Waals surface area contributed by atoms with Gasteiger partial charge in [0.1, 0.15) is 17.7 Å². The Balaban J connectivity index is 4.36. The Morgan fingerprint density at radius 2 is 2.11 bits per heavy atom. The first-order chi connectivity index (χ1) is 4.35. The summed E-state index contributed by atoms with van der Waals surface area (Å²) in [6, 6.07) is 3.04. The fourth-order valence-electron chi connectivity index (χ4n) is 0.166. The summed E-state index contributed by atoms with van der Waals surface area (Å²) >= 11 is 0. The van der Waals surface area contributed by atoms with Crippen LogP contribution in [0.1, 0.15) is 0 Å². The van der Waals surface area contributed by atoms with Crippen molar-refractivity contribution in [2.45, 2.75) is 0 Å². The highest BCUT2D eigenvalue weighted by atomic mass is 15.7. The van der Waals surface area contributed by atoms with Crippen molar-refractivity contribution < 1.29 is 0 Å². The smallest absolute Gasteiger partial charge is 0.131 e. The Kier molecular flexibility index (Phi) is 3.28. The highest BCUT2D eigenvalue weighted by molar-refractivity contribution is 5.34. The molecule has 0 aliphatic carbocycles. The molecule has 0 saturated carbocycles. The molecule has 0 aliphatic heterocycles. The topological polar surface area (TPSA) is 96.3 Å². The number of allylic oxidation sites excluding steroid dienone is 1. The third-order valence-corrected chi connectivity index (χ3v) is 0.479. The van der Waals surface area contributed by atoms with E-state index in [1.165, 1.54) is 12.1 Å². The molecule has 5 heteroatoms. The van der Waals surface area contributed by atoms with Gasteiger partial charge in [-0.05, 0) is 5.53 Å². The SMILES string of the molecule is N#CC(C#N)=C[15N]=[N+]=[15N-]. The summed E-state index contributed by atoms with van der Waals surface area (Å²) in [4.78, 5) is 2.32. The quantitative estimate of drug-likeness (QED) is 0.171. The van der Waals surface area contributed by atoms with Gasteiger partial charge in [-0.25, -0.2) is 0 Å². The van der Waals surface area contributed by atoms with Crippen molar-refractivity contribution >= 4 is 0 Å². The second kappa shape index (κ2) is 4.20. The van der Waals surface area contributed by atoms with E-state index in [9.17, 15) is 0 Å². The summed E-state index contributed by atoms with van der Waals surface area (Å²) in [5.74, 6) is 0. The summed E-state index contributed by atoms with van der Waals surface area (Å²) in [6.07, 6.45) is 0.861. The lowest BCUT2D eigenvalue weighted by molar-refractivity contribution is 1.41. The van der Waals surface area contributed by atoms with Crippen molar-refractivity contribution in [2.75, 3.05) is 0 Å². The number of rotatable bonds is 1. The molecule has 42 valence electrons. The standard InChI is InChI=1S/C4HN5/c5-1-4(2-6)3-8-9-7/h3H/i7+1,8+1. The molecule has 5 nitrogen and oxygen atoms in total. The molecule has 0 radical (unpaired) electrons. The third kappa shape index (κ3) is 2.69. The fraction of sp³-hybridized carbons (Fsp3) is 0. The van der Waals surface area contributed by atoms with Gasteiger partial charge in [0.25, 0.3) is 0 Å². The average Bonchev–Trinajstić information content (AvgIpc) is 1.91. The van der Waals surface area contributed by atoms with Crippen molar-refractivity contribution in [3.05, 3.63) is 22.2 Å². The lowest BCUT2D eigenvalue weighted by Crippen LogP contribution is -1.65. The number of azide groups is 1. The Hall–Kier alpha value is -1.97. The Labute approximate surface area is 51.1 Å². The first-order valence-electron chi connectivity index (χ1n) is 1.89. The number of nitrogens with zero attached hydrogens (tertiary/aromatic N) is 5. The molecule has 0 N–H and O–H groups in total. The van der Waals surface area contributed by atoms with Crippen LogP contribution in [-0.2, 0) is 0 Å². The maximum atomic E-state index is 8.03. The average molecular weight is 121 g/mol. The summed E-state index contributed by atoms with van der Waals surface area (Å²) in [7, 11) is 0. The van der Waals surface area contributed by atoms with Gasteiger partial charge in [-0.3, -0.25) is 0 Å². The van der Waals surface area contributed by atoms with Gasteiger partial charge in [0.2, 0.25) is 0 Å². The van der Waals surface area contributed by atoms with Gasteiger partial charge in [0.15, 0.2) is 0 Å². The van der Waals surface area contributed by atoms with Crippen molar-refractivity contribution in [3.8, 4) is 12.1 Å². The zero-order chi connectivity index (χ0) is 7.11. The maximum Gasteiger partial charge on any atom is 0.131 e. The van der Waals surface area contributed by atoms with Crippen LogP contribution in [0, 0.1) is 22.7 Å². The molecule has 0 amide bonds. The highest BCUT2D eigenvalue weighted by Gasteiger charge is 1.84. The van der Waals surface area contributed by atoms with Crippen LogP contribution < -0.4 is 0 Å². The molecule has 0 atom stereocenters. The van der Waals surface area contributed by atoms with Crippen molar-refractivity contribution in [1.82, 2.24) is 0 Å². The first-order valence-corrected chi connectivity index (χ1v) is 1.89. The second-order valence-corrected chi connectivity index (χ2v) is 0.971. The van der Waals surface area contributed by atoms with Crippen LogP contribution in [0.25, 0.3) is 10.4 Å². The zero-order valence-corrected chi connectivity index (χ0v) is 4.31. The molecule has 0 unspecified atom stereocenters. The van der Waals surface area contributed by atoms with Crippen LogP contribution in [0.4, 0.5) is 0 Å². The normalized spacial score (nSPS) is 5.56. The molecule has 0 rings (SSSR count). The summed E-state index contributed by atoms with van der Waals surface area (Å²) in [6.45, 7) is 0. The molecule has 0 bridgehead atoms. The zero-order valence-electron chi connectivity index (χ0n) is 4.31. The van der Waals surface area contributed by atoms with Gasteiger partial charge in [0.05, 0.1) is 0 Å². The van der Waals surface area contributed by atoms with E-state index in [0.717, 1.165) is 6.20 Å². The maximum absolute atomic E-state index is 8.03. The van der Waals surface area contributed by atoms with Crippen LogP contribution in [0.2, 0.25) is 0 Å². The van der Waals surface area contributed by atoms with Gasteiger partial charge in [-0.15, -0.1) is 0 Å². The van der Waals surface area contributed by atoms with Gasteiger partial charge < -0.3 is 0 Å². The first kappa shape index (κ1) is 7.03. The van der Waals surface area contributed by atoms with Crippen molar-refractivity contribution in [2.24, 2.45) is 5.11 Å². The highest BCUT2D eigenvalue weighted by Crippen LogP contribution is 1.87. The molecule has 9 heavy (non-hydrogen) atoms. The van der Waals surface area contributed by atoms with E-state index >= 15 is 0 Å². The second-order valence-electron chi connectivity index (χ2n) is 0.971. The minimum absolute atomic E-state index is 0.201. The molecule has 0 aromatic carbocycles. The monoisotopic (exact) mass is 121 g/mol. The Morgan fingerprint density at radius 1 is 1.56 bits per heavy atom. The van der Waals surface area contributed by atoms with E-state index in [4.69, 9.17) is 16.1 Å². The third-order valence-electron chi connectivity index (χ3n) is 0.479. The summed E-state index contributed by atoms with van der Waals surface area (Å²) in [5, 5.41) is 18.9. The van der Waals surface area contributed by atoms with Crippen LogP contribution in [0.3, 0.4) is 0 Å². The van der Waals surface area contributed by atoms with Crippen molar-refractivity contribution in [1.29, 1.82) is 10.5 Å². The fourth-order valence-corrected chi connectivity index (χ4v) is 0.166. The Morgan fingerprint density at radius 3 is 2.44 bits per heavy atom. The van der Waals surface area contributed by atoms with Crippen LogP contribution in [-0.4, -0.2) is 0 Å². The van der Waals surface area contributed by atoms with Gasteiger partial charge in [-0.2, -0.15) is 10.5 Å². The molecule has 0 aliphatic rings. The Bertz CT molecular complexity index is 227. The van der Waals surface area contributed by atoms with E-state index in [1.54, 1.807) is 0 Å². The van der Waals surface area contributed by atoms with Gasteiger partial charge in [0, 0.05) is 11.1 Å². The summed E-state index contributed by atoms with van der Waals surface area (Å²) < 4.78 is 0. The molecular weight excluding hydrogens is 120 g/mol. The largest absolute Gasteiger partial charge is 0.192 e. The molecule has 0 saturated heterocycles. The molecule has 0 fully saturated rings. The van der Waals surface area contributed by atoms with Crippen LogP contribution in [0.5, 0.6) is 0 Å². The predicted molar refractivity (Wildman–Crippen MR) is 28.5 cm³/mol. The lowest BCUT2D eigenvalue weighted by atomic mass is 10.4. The molecule has 0 spiro atoms.